The van der Waals surface area contributed by atoms with Crippen molar-refractivity contribution < 1.29 is 4.79 Å². The van der Waals surface area contributed by atoms with Crippen LogP contribution in [-0.2, 0) is 11.8 Å². The average Bonchev–Trinajstić information content (AvgIpc) is 3.01. The lowest BCUT2D eigenvalue weighted by Crippen LogP contribution is -2.36. The van der Waals surface area contributed by atoms with Crippen molar-refractivity contribution in [2.24, 2.45) is 0 Å². The number of carbonyl (C=O) groups excluding carboxylic acids is 1. The number of halogens is 1. The van der Waals surface area contributed by atoms with Gasteiger partial charge in [-0.3, -0.25) is 4.79 Å². The van der Waals surface area contributed by atoms with E-state index in [9.17, 15) is 4.79 Å². The normalized spacial score (nSPS) is 12.8. The van der Waals surface area contributed by atoms with Gasteiger partial charge in [0.2, 0.25) is 0 Å². The molecule has 4 heteroatoms. The summed E-state index contributed by atoms with van der Waals surface area (Å²) in [4.78, 5) is 12.4. The first-order chi connectivity index (χ1) is 10.6. The molecule has 0 unspecified atom stereocenters. The summed E-state index contributed by atoms with van der Waals surface area (Å²) < 4.78 is 0. The minimum atomic E-state index is -0.0881. The highest BCUT2D eigenvalue weighted by Crippen LogP contribution is 2.24. The molecule has 0 aromatic heterocycles. The van der Waals surface area contributed by atoms with Gasteiger partial charge in [-0.2, -0.15) is 0 Å². The van der Waals surface area contributed by atoms with Gasteiger partial charge in [-0.1, -0.05) is 44.2 Å². The maximum Gasteiger partial charge on any atom is 0.251 e. The lowest BCUT2D eigenvalue weighted by molar-refractivity contribution is 0.0945. The van der Waals surface area contributed by atoms with E-state index in [0.29, 0.717) is 6.54 Å². The van der Waals surface area contributed by atoms with Crippen LogP contribution in [0.3, 0.4) is 0 Å². The largest absolute Gasteiger partial charge is 0.384 e. The molecular weight excluding hydrogens is 308 g/mol. The second kappa shape index (κ2) is 7.05. The summed E-state index contributed by atoms with van der Waals surface area (Å²) in [5.41, 5.74) is 4.27. The Labute approximate surface area is 143 Å². The number of rotatable bonds is 4. The van der Waals surface area contributed by atoms with E-state index in [4.69, 9.17) is 0 Å². The third-order valence-electron chi connectivity index (χ3n) is 4.32. The van der Waals surface area contributed by atoms with Crippen molar-refractivity contribution in [3.05, 3.63) is 65.2 Å². The van der Waals surface area contributed by atoms with Gasteiger partial charge in [-0.05, 0) is 35.7 Å². The standard InChI is InChI=1S/C19H22N2O.ClH/c1-19(2,16-6-4-3-5-7-16)13-21-18(22)15-8-9-17-14(12-15)10-11-20-17;/h3-9,12,20H,10-11,13H2,1-2H3,(H,21,22);1H. The smallest absolute Gasteiger partial charge is 0.251 e. The summed E-state index contributed by atoms with van der Waals surface area (Å²) in [5.74, 6) is -0.00120. The van der Waals surface area contributed by atoms with E-state index in [1.807, 2.05) is 36.4 Å². The first-order valence-corrected chi connectivity index (χ1v) is 7.77. The van der Waals surface area contributed by atoms with Gasteiger partial charge < -0.3 is 10.6 Å². The number of amides is 1. The third kappa shape index (κ3) is 3.85. The number of anilines is 1. The van der Waals surface area contributed by atoms with Gasteiger partial charge in [0.05, 0.1) is 0 Å². The van der Waals surface area contributed by atoms with Crippen LogP contribution in [0.4, 0.5) is 5.69 Å². The topological polar surface area (TPSA) is 41.1 Å². The summed E-state index contributed by atoms with van der Waals surface area (Å²) in [6, 6.07) is 16.2. The number of hydrogen-bond donors (Lipinski definition) is 2. The Balaban J connectivity index is 0.00000192. The van der Waals surface area contributed by atoms with Gasteiger partial charge in [0, 0.05) is 29.8 Å². The molecule has 1 aliphatic heterocycles. The Bertz CT molecular complexity index is 683. The number of carbonyl (C=O) groups is 1. The quantitative estimate of drug-likeness (QED) is 0.895. The number of fused-ring (bicyclic) bond motifs is 1. The molecule has 0 spiro atoms. The second-order valence-electron chi connectivity index (χ2n) is 6.48. The van der Waals surface area contributed by atoms with Crippen LogP contribution in [0, 0.1) is 0 Å². The first-order valence-electron chi connectivity index (χ1n) is 7.77. The molecule has 2 aromatic rings. The monoisotopic (exact) mass is 330 g/mol. The summed E-state index contributed by atoms with van der Waals surface area (Å²) in [6.45, 7) is 5.87. The van der Waals surface area contributed by atoms with Gasteiger partial charge in [-0.15, -0.1) is 12.4 Å². The zero-order valence-electron chi connectivity index (χ0n) is 13.6. The fourth-order valence-electron chi connectivity index (χ4n) is 2.84. The van der Waals surface area contributed by atoms with Crippen LogP contribution in [0.25, 0.3) is 0 Å². The van der Waals surface area contributed by atoms with Gasteiger partial charge in [0.15, 0.2) is 0 Å². The van der Waals surface area contributed by atoms with E-state index < -0.39 is 0 Å². The van der Waals surface area contributed by atoms with Crippen LogP contribution in [0.2, 0.25) is 0 Å². The predicted molar refractivity (Wildman–Crippen MR) is 97.7 cm³/mol. The van der Waals surface area contributed by atoms with Crippen LogP contribution in [-0.4, -0.2) is 19.0 Å². The molecule has 0 bridgehead atoms. The Kier molecular flexibility index (Phi) is 5.32. The third-order valence-corrected chi connectivity index (χ3v) is 4.32. The van der Waals surface area contributed by atoms with Gasteiger partial charge >= 0.3 is 0 Å². The first kappa shape index (κ1) is 17.4. The highest BCUT2D eigenvalue weighted by Gasteiger charge is 2.22. The molecule has 0 atom stereocenters. The molecule has 1 heterocycles. The Morgan fingerprint density at radius 3 is 2.65 bits per heavy atom. The van der Waals surface area contributed by atoms with Crippen LogP contribution in [0.5, 0.6) is 0 Å². The SMILES string of the molecule is CC(C)(CNC(=O)c1ccc2c(c1)CCN2)c1ccccc1.Cl. The second-order valence-corrected chi connectivity index (χ2v) is 6.48. The van der Waals surface area contributed by atoms with Crippen LogP contribution in [0.15, 0.2) is 48.5 Å². The molecule has 2 N–H and O–H groups in total. The molecule has 2 aromatic carbocycles. The van der Waals surface area contributed by atoms with Gasteiger partial charge in [0.25, 0.3) is 5.91 Å². The van der Waals surface area contributed by atoms with E-state index in [1.54, 1.807) is 0 Å². The molecular formula is C19H23ClN2O. The maximum absolute atomic E-state index is 12.4. The molecule has 0 aliphatic carbocycles. The predicted octanol–water partition coefficient (Wildman–Crippen LogP) is 3.78. The molecule has 122 valence electrons. The molecule has 0 saturated heterocycles. The summed E-state index contributed by atoms with van der Waals surface area (Å²) >= 11 is 0. The summed E-state index contributed by atoms with van der Waals surface area (Å²) in [5, 5.41) is 6.38. The lowest BCUT2D eigenvalue weighted by Gasteiger charge is -2.25. The van der Waals surface area contributed by atoms with Crippen molar-refractivity contribution >= 4 is 24.0 Å². The van der Waals surface area contributed by atoms with Gasteiger partial charge in [-0.25, -0.2) is 0 Å². The highest BCUT2D eigenvalue weighted by molar-refractivity contribution is 5.95. The minimum Gasteiger partial charge on any atom is -0.384 e. The van der Waals surface area contributed by atoms with Crippen molar-refractivity contribution in [3.63, 3.8) is 0 Å². The summed E-state index contributed by atoms with van der Waals surface area (Å²) in [6.07, 6.45) is 0.992. The molecule has 3 rings (SSSR count). The molecule has 1 amide bonds. The Morgan fingerprint density at radius 1 is 1.17 bits per heavy atom. The van der Waals surface area contributed by atoms with Crippen molar-refractivity contribution in [2.75, 3.05) is 18.4 Å². The van der Waals surface area contributed by atoms with E-state index in [-0.39, 0.29) is 23.7 Å². The van der Waals surface area contributed by atoms with Crippen molar-refractivity contribution in [1.82, 2.24) is 5.32 Å². The van der Waals surface area contributed by atoms with Crippen LogP contribution in [0.1, 0.15) is 35.3 Å². The fraction of sp³-hybridized carbons (Fsp3) is 0.316. The van der Waals surface area contributed by atoms with Crippen LogP contribution >= 0.6 is 12.4 Å². The fourth-order valence-corrected chi connectivity index (χ4v) is 2.84. The minimum absolute atomic E-state index is 0. The van der Waals surface area contributed by atoms with Crippen molar-refractivity contribution in [1.29, 1.82) is 0 Å². The maximum atomic E-state index is 12.4. The van der Waals surface area contributed by atoms with Gasteiger partial charge in [0.1, 0.15) is 0 Å². The molecule has 1 aliphatic rings. The molecule has 0 fully saturated rings. The summed E-state index contributed by atoms with van der Waals surface area (Å²) in [7, 11) is 0. The van der Waals surface area contributed by atoms with E-state index in [0.717, 1.165) is 24.2 Å². The zero-order chi connectivity index (χ0) is 15.6. The molecule has 23 heavy (non-hydrogen) atoms. The van der Waals surface area contributed by atoms with E-state index in [1.165, 1.54) is 11.1 Å². The lowest BCUT2D eigenvalue weighted by atomic mass is 9.84. The Morgan fingerprint density at radius 2 is 1.91 bits per heavy atom. The number of benzene rings is 2. The van der Waals surface area contributed by atoms with Crippen molar-refractivity contribution in [2.45, 2.75) is 25.7 Å². The molecule has 0 radical (unpaired) electrons. The molecule has 0 saturated carbocycles. The molecule has 3 nitrogen and oxygen atoms in total. The number of nitrogens with one attached hydrogen (secondary N) is 2. The van der Waals surface area contributed by atoms with Crippen molar-refractivity contribution in [3.8, 4) is 0 Å². The highest BCUT2D eigenvalue weighted by atomic mass is 35.5. The number of hydrogen-bond acceptors (Lipinski definition) is 2. The van der Waals surface area contributed by atoms with E-state index >= 15 is 0 Å². The van der Waals surface area contributed by atoms with Crippen LogP contribution < -0.4 is 10.6 Å². The average molecular weight is 331 g/mol. The van der Waals surface area contributed by atoms with E-state index in [2.05, 4.69) is 36.6 Å². The zero-order valence-corrected chi connectivity index (χ0v) is 14.4. The Hall–Kier alpha value is -2.00.